The Labute approximate surface area is 136 Å². The van der Waals surface area contributed by atoms with Crippen molar-refractivity contribution in [3.05, 3.63) is 31.5 Å². The Balaban J connectivity index is 0.00000400. The summed E-state index contributed by atoms with van der Waals surface area (Å²) in [7, 11) is 0. The van der Waals surface area contributed by atoms with E-state index in [0.29, 0.717) is 12.5 Å². The van der Waals surface area contributed by atoms with Gasteiger partial charge in [0.05, 0.1) is 4.47 Å². The molecule has 1 amide bonds. The number of aromatic nitrogens is 2. The monoisotopic (exact) mass is 382 g/mol. The number of nitrogens with two attached hydrogens (primary N) is 1. The van der Waals surface area contributed by atoms with Crippen molar-refractivity contribution in [3.8, 4) is 0 Å². The van der Waals surface area contributed by atoms with Gasteiger partial charge in [-0.1, -0.05) is 13.8 Å². The highest BCUT2D eigenvalue weighted by atomic mass is 79.9. The average molecular weight is 384 g/mol. The summed E-state index contributed by atoms with van der Waals surface area (Å²) in [5.41, 5.74) is 4.45. The predicted molar refractivity (Wildman–Crippen MR) is 86.7 cm³/mol. The lowest BCUT2D eigenvalue weighted by molar-refractivity contribution is -0.122. The van der Waals surface area contributed by atoms with Gasteiger partial charge in [-0.05, 0) is 28.3 Å². The van der Waals surface area contributed by atoms with E-state index < -0.39 is 11.2 Å². The molecule has 9 heteroatoms. The third kappa shape index (κ3) is 6.45. The van der Waals surface area contributed by atoms with Gasteiger partial charge in [-0.3, -0.25) is 19.1 Å². The molecule has 7 nitrogen and oxygen atoms in total. The number of rotatable bonds is 6. The minimum Gasteiger partial charge on any atom is -0.351 e. The Morgan fingerprint density at radius 3 is 2.62 bits per heavy atom. The van der Waals surface area contributed by atoms with Crippen LogP contribution in [-0.2, 0) is 11.3 Å². The quantitative estimate of drug-likeness (QED) is 0.652. The van der Waals surface area contributed by atoms with Crippen LogP contribution in [0.15, 0.2) is 20.3 Å². The Hall–Kier alpha value is -1.12. The lowest BCUT2D eigenvalue weighted by Gasteiger charge is -2.19. The molecule has 0 saturated heterocycles. The van der Waals surface area contributed by atoms with Crippen LogP contribution >= 0.6 is 28.3 Å². The van der Waals surface area contributed by atoms with Crippen LogP contribution in [0.5, 0.6) is 0 Å². The van der Waals surface area contributed by atoms with Crippen LogP contribution in [0.2, 0.25) is 0 Å². The minimum atomic E-state index is -0.624. The molecular weight excluding hydrogens is 364 g/mol. The van der Waals surface area contributed by atoms with Gasteiger partial charge in [-0.25, -0.2) is 4.79 Å². The standard InChI is InChI=1S/C12H19BrN4O3.ClH/c1-7(2)3-8(4-14)15-10(18)6-17-5-9(13)11(19)16-12(17)20;/h5,7-8H,3-4,6,14H2,1-2H3,(H,15,18)(H,16,19,20);1H. The highest BCUT2D eigenvalue weighted by Gasteiger charge is 2.13. The molecule has 0 aromatic carbocycles. The number of nitrogens with one attached hydrogen (secondary N) is 2. The van der Waals surface area contributed by atoms with Gasteiger partial charge in [0.2, 0.25) is 5.91 Å². The summed E-state index contributed by atoms with van der Waals surface area (Å²) in [6, 6.07) is -0.121. The van der Waals surface area contributed by atoms with E-state index in [4.69, 9.17) is 5.73 Å². The summed E-state index contributed by atoms with van der Waals surface area (Å²) < 4.78 is 1.33. The lowest BCUT2D eigenvalue weighted by atomic mass is 10.0. The maximum absolute atomic E-state index is 11.9. The van der Waals surface area contributed by atoms with E-state index in [1.54, 1.807) is 0 Å². The van der Waals surface area contributed by atoms with Gasteiger partial charge in [0.25, 0.3) is 5.56 Å². The average Bonchev–Trinajstić information content (AvgIpc) is 2.34. The highest BCUT2D eigenvalue weighted by Crippen LogP contribution is 2.03. The number of carbonyl (C=O) groups is 1. The minimum absolute atomic E-state index is 0. The van der Waals surface area contributed by atoms with Gasteiger partial charge in [0.15, 0.2) is 0 Å². The van der Waals surface area contributed by atoms with Crippen LogP contribution in [0.4, 0.5) is 0 Å². The molecule has 0 spiro atoms. The molecule has 1 aromatic rings. The van der Waals surface area contributed by atoms with E-state index in [-0.39, 0.29) is 35.4 Å². The van der Waals surface area contributed by atoms with Crippen molar-refractivity contribution in [1.29, 1.82) is 0 Å². The van der Waals surface area contributed by atoms with Crippen LogP contribution in [0.3, 0.4) is 0 Å². The first kappa shape index (κ1) is 19.9. The summed E-state index contributed by atoms with van der Waals surface area (Å²) in [5.74, 6) is 0.0935. The fraction of sp³-hybridized carbons (Fsp3) is 0.583. The molecule has 0 bridgehead atoms. The zero-order valence-electron chi connectivity index (χ0n) is 11.9. The number of halogens is 2. The Morgan fingerprint density at radius 2 is 2.10 bits per heavy atom. The molecule has 0 radical (unpaired) electrons. The van der Waals surface area contributed by atoms with Crippen molar-refractivity contribution in [1.82, 2.24) is 14.9 Å². The Morgan fingerprint density at radius 1 is 1.48 bits per heavy atom. The topological polar surface area (TPSA) is 110 Å². The van der Waals surface area contributed by atoms with Gasteiger partial charge < -0.3 is 11.1 Å². The van der Waals surface area contributed by atoms with Crippen LogP contribution in [0, 0.1) is 5.92 Å². The van der Waals surface area contributed by atoms with Gasteiger partial charge >= 0.3 is 5.69 Å². The van der Waals surface area contributed by atoms with Gasteiger partial charge in [-0.15, -0.1) is 12.4 Å². The van der Waals surface area contributed by atoms with E-state index in [0.717, 1.165) is 11.0 Å². The SMILES string of the molecule is CC(C)CC(CN)NC(=O)Cn1cc(Br)c(=O)[nH]c1=O.Cl. The molecule has 0 aliphatic rings. The molecule has 0 saturated carbocycles. The van der Waals surface area contributed by atoms with Crippen LogP contribution in [-0.4, -0.2) is 28.0 Å². The summed E-state index contributed by atoms with van der Waals surface area (Å²) in [5, 5.41) is 2.78. The number of hydrogen-bond donors (Lipinski definition) is 3. The maximum atomic E-state index is 11.9. The smallest absolute Gasteiger partial charge is 0.328 e. The molecule has 1 atom stereocenters. The Kier molecular flexibility index (Phi) is 8.53. The zero-order valence-corrected chi connectivity index (χ0v) is 14.3. The lowest BCUT2D eigenvalue weighted by Crippen LogP contribution is -2.44. The summed E-state index contributed by atoms with van der Waals surface area (Å²) in [6.07, 6.45) is 2.06. The molecule has 4 N–H and O–H groups in total. The molecule has 1 unspecified atom stereocenters. The fourth-order valence-corrected chi connectivity index (χ4v) is 2.16. The largest absolute Gasteiger partial charge is 0.351 e. The first-order chi connectivity index (χ1) is 9.33. The van der Waals surface area contributed by atoms with E-state index >= 15 is 0 Å². The molecule has 0 aliphatic carbocycles. The van der Waals surface area contributed by atoms with Gasteiger partial charge in [0.1, 0.15) is 6.54 Å². The maximum Gasteiger partial charge on any atom is 0.328 e. The van der Waals surface area contributed by atoms with Gasteiger partial charge in [0, 0.05) is 18.8 Å². The van der Waals surface area contributed by atoms with E-state index in [1.165, 1.54) is 6.20 Å². The predicted octanol–water partition coefficient (Wildman–Crippen LogP) is 0.211. The third-order valence-corrected chi connectivity index (χ3v) is 3.25. The first-order valence-corrected chi connectivity index (χ1v) is 7.11. The first-order valence-electron chi connectivity index (χ1n) is 6.32. The number of H-pyrrole nitrogens is 1. The second-order valence-corrected chi connectivity index (χ2v) is 5.85. The molecule has 0 fully saturated rings. The number of amides is 1. The molecule has 1 heterocycles. The molecule has 0 aliphatic heterocycles. The zero-order chi connectivity index (χ0) is 15.3. The van der Waals surface area contributed by atoms with Crippen LogP contribution < -0.4 is 22.3 Å². The molecule has 1 rings (SSSR count). The summed E-state index contributed by atoms with van der Waals surface area (Å²) >= 11 is 3.01. The molecular formula is C12H20BrClN4O3. The van der Waals surface area contributed by atoms with Crippen molar-refractivity contribution in [2.24, 2.45) is 11.7 Å². The van der Waals surface area contributed by atoms with Crippen LogP contribution in [0.25, 0.3) is 0 Å². The van der Waals surface area contributed by atoms with Crippen molar-refractivity contribution < 1.29 is 4.79 Å². The summed E-state index contributed by atoms with van der Waals surface area (Å²) in [6.45, 7) is 4.26. The van der Waals surface area contributed by atoms with Crippen molar-refractivity contribution >= 4 is 34.2 Å². The van der Waals surface area contributed by atoms with Gasteiger partial charge in [-0.2, -0.15) is 0 Å². The molecule has 1 aromatic heterocycles. The summed E-state index contributed by atoms with van der Waals surface area (Å²) in [4.78, 5) is 36.7. The molecule has 21 heavy (non-hydrogen) atoms. The second kappa shape index (κ2) is 9.01. The van der Waals surface area contributed by atoms with E-state index in [2.05, 4.69) is 26.2 Å². The number of hydrogen-bond acceptors (Lipinski definition) is 4. The number of nitrogens with zero attached hydrogens (tertiary/aromatic N) is 1. The van der Waals surface area contributed by atoms with E-state index in [1.807, 2.05) is 13.8 Å². The second-order valence-electron chi connectivity index (χ2n) is 4.99. The number of aromatic amines is 1. The third-order valence-electron chi connectivity index (χ3n) is 2.69. The van der Waals surface area contributed by atoms with E-state index in [9.17, 15) is 14.4 Å². The molecule has 120 valence electrons. The Bertz CT molecular complexity index is 585. The number of carbonyl (C=O) groups excluding carboxylic acids is 1. The fourth-order valence-electron chi connectivity index (χ4n) is 1.81. The normalized spacial score (nSPS) is 11.9. The highest BCUT2D eigenvalue weighted by molar-refractivity contribution is 9.10. The van der Waals surface area contributed by atoms with Crippen LogP contribution in [0.1, 0.15) is 20.3 Å². The van der Waals surface area contributed by atoms with Crippen molar-refractivity contribution in [2.75, 3.05) is 6.54 Å². The van der Waals surface area contributed by atoms with Crippen molar-refractivity contribution in [3.63, 3.8) is 0 Å². The van der Waals surface area contributed by atoms with Crippen molar-refractivity contribution in [2.45, 2.75) is 32.9 Å².